The second-order valence-electron chi connectivity index (χ2n) is 5.56. The maximum Gasteiger partial charge on any atom is 0.240 e. The van der Waals surface area contributed by atoms with Crippen LogP contribution in [0.3, 0.4) is 0 Å². The van der Waals surface area contributed by atoms with Crippen molar-refractivity contribution in [3.05, 3.63) is 65.4 Å². The van der Waals surface area contributed by atoms with Gasteiger partial charge in [0.15, 0.2) is 0 Å². The van der Waals surface area contributed by atoms with Gasteiger partial charge in [0.2, 0.25) is 10.0 Å². The smallest absolute Gasteiger partial charge is 0.240 e. The van der Waals surface area contributed by atoms with E-state index in [1.165, 1.54) is 31.2 Å². The van der Waals surface area contributed by atoms with Crippen LogP contribution in [0.4, 0.5) is 8.78 Å². The summed E-state index contributed by atoms with van der Waals surface area (Å²) in [4.78, 5) is 2.99. The molecule has 0 aliphatic carbocycles. The predicted octanol–water partition coefficient (Wildman–Crippen LogP) is 3.28. The van der Waals surface area contributed by atoms with E-state index in [9.17, 15) is 17.2 Å². The molecule has 0 radical (unpaired) electrons. The molecule has 0 amide bonds. The first-order valence-corrected chi connectivity index (χ1v) is 8.86. The molecule has 0 saturated carbocycles. The Balaban J connectivity index is 1.71. The number of benzene rings is 2. The van der Waals surface area contributed by atoms with E-state index < -0.39 is 15.8 Å². The molecule has 0 aliphatic rings. The van der Waals surface area contributed by atoms with Gasteiger partial charge in [-0.15, -0.1) is 0 Å². The zero-order valence-corrected chi connectivity index (χ0v) is 13.8. The van der Waals surface area contributed by atoms with Crippen molar-refractivity contribution in [1.29, 1.82) is 0 Å². The van der Waals surface area contributed by atoms with Crippen molar-refractivity contribution >= 4 is 20.9 Å². The zero-order valence-electron chi connectivity index (χ0n) is 12.9. The van der Waals surface area contributed by atoms with E-state index in [-0.39, 0.29) is 22.8 Å². The molecule has 126 valence electrons. The third-order valence-electron chi connectivity index (χ3n) is 3.86. The van der Waals surface area contributed by atoms with E-state index in [1.807, 2.05) is 0 Å². The van der Waals surface area contributed by atoms with Crippen molar-refractivity contribution in [2.24, 2.45) is 0 Å². The molecule has 0 atom stereocenters. The molecular formula is C17H16F2N2O2S. The van der Waals surface area contributed by atoms with Gasteiger partial charge in [-0.3, -0.25) is 0 Å². The normalized spacial score (nSPS) is 12.0. The van der Waals surface area contributed by atoms with E-state index in [0.29, 0.717) is 11.9 Å². The number of rotatable bonds is 5. The van der Waals surface area contributed by atoms with Crippen LogP contribution in [-0.4, -0.2) is 19.9 Å². The molecule has 0 saturated heterocycles. The van der Waals surface area contributed by atoms with E-state index in [1.54, 1.807) is 12.3 Å². The Bertz CT molecular complexity index is 997. The first-order chi connectivity index (χ1) is 11.4. The first kappa shape index (κ1) is 16.6. The van der Waals surface area contributed by atoms with Gasteiger partial charge < -0.3 is 4.98 Å². The summed E-state index contributed by atoms with van der Waals surface area (Å²) in [5.41, 5.74) is 1.83. The molecular weight excluding hydrogens is 334 g/mol. The number of nitrogens with one attached hydrogen (secondary N) is 2. The fourth-order valence-electron chi connectivity index (χ4n) is 2.55. The summed E-state index contributed by atoms with van der Waals surface area (Å²) < 4.78 is 53.4. The van der Waals surface area contributed by atoms with Crippen LogP contribution in [0.15, 0.2) is 47.5 Å². The predicted molar refractivity (Wildman–Crippen MR) is 88.3 cm³/mol. The Hall–Kier alpha value is -2.25. The van der Waals surface area contributed by atoms with E-state index in [0.717, 1.165) is 17.0 Å². The molecule has 3 rings (SSSR count). The van der Waals surface area contributed by atoms with Crippen LogP contribution in [0.25, 0.3) is 10.9 Å². The van der Waals surface area contributed by atoms with Gasteiger partial charge in [0.05, 0.1) is 4.90 Å². The minimum Gasteiger partial charge on any atom is -0.361 e. The summed E-state index contributed by atoms with van der Waals surface area (Å²) >= 11 is 0. The Morgan fingerprint density at radius 2 is 1.92 bits per heavy atom. The summed E-state index contributed by atoms with van der Waals surface area (Å²) in [6, 6.07) is 8.09. The van der Waals surface area contributed by atoms with Crippen molar-refractivity contribution in [2.75, 3.05) is 6.54 Å². The van der Waals surface area contributed by atoms with Crippen LogP contribution < -0.4 is 4.72 Å². The van der Waals surface area contributed by atoms with Crippen LogP contribution in [0.1, 0.15) is 11.1 Å². The Morgan fingerprint density at radius 1 is 1.12 bits per heavy atom. The number of sulfonamides is 1. The number of hydrogen-bond acceptors (Lipinski definition) is 2. The average Bonchev–Trinajstić information content (AvgIpc) is 2.92. The number of H-pyrrole nitrogens is 1. The van der Waals surface area contributed by atoms with Crippen molar-refractivity contribution in [3.8, 4) is 0 Å². The summed E-state index contributed by atoms with van der Waals surface area (Å²) in [6.07, 6.45) is 2.19. The fourth-order valence-corrected chi connectivity index (χ4v) is 3.67. The van der Waals surface area contributed by atoms with Crippen molar-refractivity contribution < 1.29 is 17.2 Å². The van der Waals surface area contributed by atoms with Crippen molar-refractivity contribution in [1.82, 2.24) is 9.71 Å². The molecule has 1 aromatic heterocycles. The third kappa shape index (κ3) is 3.32. The lowest BCUT2D eigenvalue weighted by atomic mass is 10.1. The Morgan fingerprint density at radius 3 is 2.67 bits per heavy atom. The van der Waals surface area contributed by atoms with E-state index in [4.69, 9.17) is 0 Å². The molecule has 2 aromatic carbocycles. The second kappa shape index (κ2) is 6.33. The van der Waals surface area contributed by atoms with Gasteiger partial charge in [-0.05, 0) is 60.9 Å². The summed E-state index contributed by atoms with van der Waals surface area (Å²) in [5.74, 6) is -0.775. The topological polar surface area (TPSA) is 62.0 Å². The van der Waals surface area contributed by atoms with Gasteiger partial charge >= 0.3 is 0 Å². The maximum absolute atomic E-state index is 13.3. The number of aryl methyl sites for hydroxylation is 1. The molecule has 0 spiro atoms. The number of hydrogen-bond donors (Lipinski definition) is 2. The lowest BCUT2D eigenvalue weighted by molar-refractivity contribution is 0.580. The first-order valence-electron chi connectivity index (χ1n) is 7.38. The molecule has 3 aromatic rings. The number of aromatic amines is 1. The van der Waals surface area contributed by atoms with Gasteiger partial charge in [0, 0.05) is 23.6 Å². The average molecular weight is 350 g/mol. The van der Waals surface area contributed by atoms with E-state index in [2.05, 4.69) is 9.71 Å². The van der Waals surface area contributed by atoms with Crippen LogP contribution >= 0.6 is 0 Å². The lowest BCUT2D eigenvalue weighted by Gasteiger charge is -2.07. The lowest BCUT2D eigenvalue weighted by Crippen LogP contribution is -2.26. The minimum atomic E-state index is -3.70. The van der Waals surface area contributed by atoms with Crippen LogP contribution in [-0.2, 0) is 16.4 Å². The van der Waals surface area contributed by atoms with Gasteiger partial charge in [-0.2, -0.15) is 0 Å². The highest BCUT2D eigenvalue weighted by Crippen LogP contribution is 2.20. The van der Waals surface area contributed by atoms with Gasteiger partial charge in [-0.25, -0.2) is 21.9 Å². The van der Waals surface area contributed by atoms with Gasteiger partial charge in [-0.1, -0.05) is 0 Å². The Labute approximate surface area is 138 Å². The second-order valence-corrected chi connectivity index (χ2v) is 7.33. The monoisotopic (exact) mass is 350 g/mol. The number of fused-ring (bicyclic) bond motifs is 1. The fraction of sp³-hybridized carbons (Fsp3) is 0.176. The minimum absolute atomic E-state index is 0.0300. The number of halogens is 2. The quantitative estimate of drug-likeness (QED) is 0.742. The SMILES string of the molecule is Cc1cc(S(=O)(=O)NCCc2c[nH]c3cc(F)ccc23)ccc1F. The molecule has 24 heavy (non-hydrogen) atoms. The van der Waals surface area contributed by atoms with Gasteiger partial charge in [0.25, 0.3) is 0 Å². The molecule has 2 N–H and O–H groups in total. The molecule has 1 heterocycles. The standard InChI is InChI=1S/C17H16F2N2O2S/c1-11-8-14(3-5-16(11)19)24(22,23)21-7-6-12-10-20-17-9-13(18)2-4-15(12)17/h2-5,8-10,20-21H,6-7H2,1H3. The largest absolute Gasteiger partial charge is 0.361 e. The highest BCUT2D eigenvalue weighted by Gasteiger charge is 2.15. The molecule has 0 aliphatic heterocycles. The summed E-state index contributed by atoms with van der Waals surface area (Å²) in [5, 5.41) is 0.855. The molecule has 0 bridgehead atoms. The van der Waals surface area contributed by atoms with Crippen LogP contribution in [0.2, 0.25) is 0 Å². The number of aromatic nitrogens is 1. The maximum atomic E-state index is 13.3. The summed E-state index contributed by atoms with van der Waals surface area (Å²) in [7, 11) is -3.70. The van der Waals surface area contributed by atoms with Crippen LogP contribution in [0.5, 0.6) is 0 Å². The molecule has 0 unspecified atom stereocenters. The highest BCUT2D eigenvalue weighted by molar-refractivity contribution is 7.89. The molecule has 7 heteroatoms. The summed E-state index contributed by atoms with van der Waals surface area (Å²) in [6.45, 7) is 1.70. The third-order valence-corrected chi connectivity index (χ3v) is 5.31. The zero-order chi connectivity index (χ0) is 17.3. The van der Waals surface area contributed by atoms with Crippen LogP contribution in [0, 0.1) is 18.6 Å². The van der Waals surface area contributed by atoms with Gasteiger partial charge in [0.1, 0.15) is 11.6 Å². The molecule has 0 fully saturated rings. The Kier molecular flexibility index (Phi) is 4.38. The van der Waals surface area contributed by atoms with E-state index >= 15 is 0 Å². The van der Waals surface area contributed by atoms with Crippen molar-refractivity contribution in [2.45, 2.75) is 18.2 Å². The van der Waals surface area contributed by atoms with Crippen molar-refractivity contribution in [3.63, 3.8) is 0 Å². The highest BCUT2D eigenvalue weighted by atomic mass is 32.2. The molecule has 4 nitrogen and oxygen atoms in total.